The fourth-order valence-corrected chi connectivity index (χ4v) is 3.03. The zero-order valence-corrected chi connectivity index (χ0v) is 13.7. The maximum Gasteiger partial charge on any atom is 0.133 e. The molecule has 0 amide bonds. The largest absolute Gasteiger partial charge is 0.354 e. The first-order valence-corrected chi connectivity index (χ1v) is 8.52. The lowest BCUT2D eigenvalue weighted by molar-refractivity contribution is 0.636. The number of nitrogens with zero attached hydrogens (tertiary/aromatic N) is 2. The van der Waals surface area contributed by atoms with Crippen molar-refractivity contribution in [3.63, 3.8) is 0 Å². The lowest BCUT2D eigenvalue weighted by Gasteiger charge is -2.30. The van der Waals surface area contributed by atoms with Crippen molar-refractivity contribution >= 4 is 32.7 Å². The van der Waals surface area contributed by atoms with E-state index in [-0.39, 0.29) is 0 Å². The third-order valence-electron chi connectivity index (χ3n) is 3.97. The highest BCUT2D eigenvalue weighted by Crippen LogP contribution is 2.34. The molecule has 3 rings (SSSR count). The Bertz CT molecular complexity index is 605. The van der Waals surface area contributed by atoms with Crippen molar-refractivity contribution in [2.45, 2.75) is 38.1 Å². The van der Waals surface area contributed by atoms with E-state index in [0.29, 0.717) is 6.04 Å². The van der Waals surface area contributed by atoms with E-state index in [1.54, 1.807) is 0 Å². The van der Waals surface area contributed by atoms with Gasteiger partial charge in [-0.15, -0.1) is 0 Å². The molecule has 3 heteroatoms. The third-order valence-corrected chi connectivity index (χ3v) is 4.58. The van der Waals surface area contributed by atoms with Crippen molar-refractivity contribution in [2.24, 2.45) is 5.92 Å². The van der Waals surface area contributed by atoms with Gasteiger partial charge in [-0.2, -0.15) is 0 Å². The number of para-hydroxylation sites is 1. The molecule has 0 radical (unpaired) electrons. The van der Waals surface area contributed by atoms with Gasteiger partial charge in [0.05, 0.1) is 5.52 Å². The fraction of sp³-hybridized carbons (Fsp3) is 0.471. The topological polar surface area (TPSA) is 16.1 Å². The summed E-state index contributed by atoms with van der Waals surface area (Å²) >= 11 is 3.63. The quantitative estimate of drug-likeness (QED) is 0.734. The highest BCUT2D eigenvalue weighted by Gasteiger charge is 2.27. The van der Waals surface area contributed by atoms with Gasteiger partial charge in [0.1, 0.15) is 5.82 Å². The number of halogens is 1. The van der Waals surface area contributed by atoms with Crippen LogP contribution in [-0.2, 0) is 5.33 Å². The molecule has 1 saturated carbocycles. The standard InChI is InChI=1S/C17H21BrN2/c1-12(2)20(11-13-7-8-13)17-15(10-18)9-14-5-3-4-6-16(14)19-17/h3-6,9,12-13H,7-8,10-11H2,1-2H3. The van der Waals surface area contributed by atoms with Gasteiger partial charge in [0.15, 0.2) is 0 Å². The Hall–Kier alpha value is -1.09. The summed E-state index contributed by atoms with van der Waals surface area (Å²) in [6, 6.07) is 11.1. The van der Waals surface area contributed by atoms with Crippen molar-refractivity contribution in [1.82, 2.24) is 4.98 Å². The molecule has 1 aromatic heterocycles. The molecular formula is C17H21BrN2. The molecule has 0 aliphatic heterocycles. The maximum atomic E-state index is 4.94. The number of alkyl halides is 1. The predicted octanol–water partition coefficient (Wildman–Crippen LogP) is 4.75. The summed E-state index contributed by atoms with van der Waals surface area (Å²) in [4.78, 5) is 7.42. The Morgan fingerprint density at radius 1 is 1.30 bits per heavy atom. The maximum absolute atomic E-state index is 4.94. The van der Waals surface area contributed by atoms with Crippen LogP contribution in [0.2, 0.25) is 0 Å². The van der Waals surface area contributed by atoms with Crippen LogP contribution in [0, 0.1) is 5.92 Å². The fourth-order valence-electron chi connectivity index (χ4n) is 2.62. The van der Waals surface area contributed by atoms with Crippen LogP contribution in [0.5, 0.6) is 0 Å². The minimum atomic E-state index is 0.488. The van der Waals surface area contributed by atoms with Gasteiger partial charge in [-0.05, 0) is 44.7 Å². The van der Waals surface area contributed by atoms with E-state index in [1.807, 2.05) is 0 Å². The Morgan fingerprint density at radius 3 is 2.70 bits per heavy atom. The van der Waals surface area contributed by atoms with E-state index in [2.05, 4.69) is 65.0 Å². The second kappa shape index (κ2) is 5.72. The third kappa shape index (κ3) is 2.83. The van der Waals surface area contributed by atoms with E-state index < -0.39 is 0 Å². The van der Waals surface area contributed by atoms with Crippen molar-refractivity contribution in [3.05, 3.63) is 35.9 Å². The molecule has 20 heavy (non-hydrogen) atoms. The predicted molar refractivity (Wildman–Crippen MR) is 89.6 cm³/mol. The second-order valence-corrected chi connectivity index (χ2v) is 6.55. The normalized spacial score (nSPS) is 15.0. The molecule has 106 valence electrons. The molecule has 0 unspecified atom stereocenters. The van der Waals surface area contributed by atoms with Crippen LogP contribution in [-0.4, -0.2) is 17.6 Å². The van der Waals surface area contributed by atoms with Crippen LogP contribution in [0.1, 0.15) is 32.3 Å². The van der Waals surface area contributed by atoms with Gasteiger partial charge in [-0.1, -0.05) is 34.1 Å². The summed E-state index contributed by atoms with van der Waals surface area (Å²) in [6.45, 7) is 5.66. The molecule has 1 aliphatic carbocycles. The number of hydrogen-bond acceptors (Lipinski definition) is 2. The summed E-state index contributed by atoms with van der Waals surface area (Å²) in [5.74, 6) is 2.02. The molecule has 2 nitrogen and oxygen atoms in total. The van der Waals surface area contributed by atoms with Gasteiger partial charge >= 0.3 is 0 Å². The van der Waals surface area contributed by atoms with E-state index in [0.717, 1.165) is 29.1 Å². The van der Waals surface area contributed by atoms with E-state index in [1.165, 1.54) is 23.8 Å². The molecule has 0 saturated heterocycles. The van der Waals surface area contributed by atoms with Crippen molar-refractivity contribution in [2.75, 3.05) is 11.4 Å². The van der Waals surface area contributed by atoms with E-state index in [4.69, 9.17) is 4.98 Å². The first kappa shape index (κ1) is 13.9. The first-order chi connectivity index (χ1) is 9.69. The van der Waals surface area contributed by atoms with Crippen molar-refractivity contribution < 1.29 is 0 Å². The number of fused-ring (bicyclic) bond motifs is 1. The molecule has 0 atom stereocenters. The summed E-state index contributed by atoms with van der Waals surface area (Å²) in [5.41, 5.74) is 2.38. The van der Waals surface area contributed by atoms with Crippen LogP contribution in [0.4, 0.5) is 5.82 Å². The van der Waals surface area contributed by atoms with Crippen molar-refractivity contribution in [3.8, 4) is 0 Å². The van der Waals surface area contributed by atoms with Crippen LogP contribution in [0.25, 0.3) is 10.9 Å². The molecule has 0 bridgehead atoms. The Morgan fingerprint density at radius 2 is 2.05 bits per heavy atom. The van der Waals surface area contributed by atoms with E-state index in [9.17, 15) is 0 Å². The van der Waals surface area contributed by atoms with E-state index >= 15 is 0 Å². The minimum Gasteiger partial charge on any atom is -0.354 e. The van der Waals surface area contributed by atoms with Gasteiger partial charge < -0.3 is 4.90 Å². The minimum absolute atomic E-state index is 0.488. The number of aromatic nitrogens is 1. The summed E-state index contributed by atoms with van der Waals surface area (Å²) in [6.07, 6.45) is 2.75. The number of pyridine rings is 1. The van der Waals surface area contributed by atoms with Crippen LogP contribution in [0.15, 0.2) is 30.3 Å². The summed E-state index contributed by atoms with van der Waals surface area (Å²) in [7, 11) is 0. The molecule has 1 heterocycles. The first-order valence-electron chi connectivity index (χ1n) is 7.40. The molecule has 2 aromatic rings. The van der Waals surface area contributed by atoms with Gasteiger partial charge in [-0.3, -0.25) is 0 Å². The zero-order valence-electron chi connectivity index (χ0n) is 12.1. The number of rotatable bonds is 5. The van der Waals surface area contributed by atoms with Gasteiger partial charge in [0.25, 0.3) is 0 Å². The monoisotopic (exact) mass is 332 g/mol. The second-order valence-electron chi connectivity index (χ2n) is 5.99. The number of hydrogen-bond donors (Lipinski definition) is 0. The van der Waals surface area contributed by atoms with Gasteiger partial charge in [0.2, 0.25) is 0 Å². The molecule has 1 aliphatic rings. The lowest BCUT2D eigenvalue weighted by Crippen LogP contribution is -2.34. The lowest BCUT2D eigenvalue weighted by atomic mass is 10.1. The molecular weight excluding hydrogens is 312 g/mol. The SMILES string of the molecule is CC(C)N(CC1CC1)c1nc2ccccc2cc1CBr. The van der Waals surface area contributed by atoms with Crippen molar-refractivity contribution in [1.29, 1.82) is 0 Å². The number of anilines is 1. The molecule has 0 N–H and O–H groups in total. The summed E-state index contributed by atoms with van der Waals surface area (Å²) in [5, 5.41) is 2.08. The van der Waals surface area contributed by atoms with Crippen LogP contribution >= 0.6 is 15.9 Å². The molecule has 1 aromatic carbocycles. The van der Waals surface area contributed by atoms with Gasteiger partial charge in [-0.25, -0.2) is 4.98 Å². The highest BCUT2D eigenvalue weighted by atomic mass is 79.9. The Balaban J connectivity index is 2.06. The van der Waals surface area contributed by atoms with Crippen LogP contribution in [0.3, 0.4) is 0 Å². The average molecular weight is 333 g/mol. The number of benzene rings is 1. The van der Waals surface area contributed by atoms with Crippen LogP contribution < -0.4 is 4.90 Å². The smallest absolute Gasteiger partial charge is 0.133 e. The summed E-state index contributed by atoms with van der Waals surface area (Å²) < 4.78 is 0. The highest BCUT2D eigenvalue weighted by molar-refractivity contribution is 9.08. The zero-order chi connectivity index (χ0) is 14.1. The van der Waals surface area contributed by atoms with Gasteiger partial charge in [0, 0.05) is 28.9 Å². The average Bonchev–Trinajstić information content (AvgIpc) is 3.27. The molecule has 1 fully saturated rings. The molecule has 0 spiro atoms. The Kier molecular flexibility index (Phi) is 3.97. The Labute approximate surface area is 129 Å².